The summed E-state index contributed by atoms with van der Waals surface area (Å²) in [5, 5.41) is 0. The Morgan fingerprint density at radius 3 is 2.88 bits per heavy atom. The van der Waals surface area contributed by atoms with Crippen LogP contribution in [0.3, 0.4) is 0 Å². The maximum Gasteiger partial charge on any atom is 0.357 e. The van der Waals surface area contributed by atoms with Gasteiger partial charge in [-0.15, -0.1) is 0 Å². The summed E-state index contributed by atoms with van der Waals surface area (Å²) in [6.45, 7) is 4.04. The van der Waals surface area contributed by atoms with Gasteiger partial charge in [0, 0.05) is 12.5 Å². The van der Waals surface area contributed by atoms with Crippen LogP contribution in [0.15, 0.2) is 10.9 Å². The van der Waals surface area contributed by atoms with Crippen LogP contribution in [0.25, 0.3) is 0 Å². The van der Waals surface area contributed by atoms with E-state index in [9.17, 15) is 9.59 Å². The molecule has 1 aromatic heterocycles. The van der Waals surface area contributed by atoms with Gasteiger partial charge in [0.15, 0.2) is 5.69 Å². The first-order valence-corrected chi connectivity index (χ1v) is 5.44. The lowest BCUT2D eigenvalue weighted by Crippen LogP contribution is -2.17. The highest BCUT2D eigenvalue weighted by atomic mass is 16.5. The van der Waals surface area contributed by atoms with Gasteiger partial charge in [-0.3, -0.25) is 4.79 Å². The zero-order valence-electron chi connectivity index (χ0n) is 9.58. The number of hydrogen-bond acceptors (Lipinski definition) is 4. The molecule has 0 spiro atoms. The number of aromatic amines is 1. The molecule has 0 saturated heterocycles. The molecule has 1 aromatic rings. The van der Waals surface area contributed by atoms with Crippen molar-refractivity contribution in [1.82, 2.24) is 9.97 Å². The molecule has 0 bridgehead atoms. The van der Waals surface area contributed by atoms with Crippen LogP contribution >= 0.6 is 0 Å². The summed E-state index contributed by atoms with van der Waals surface area (Å²) in [5.74, 6) is -0.0104. The van der Waals surface area contributed by atoms with E-state index in [2.05, 4.69) is 9.97 Å². The van der Waals surface area contributed by atoms with Gasteiger partial charge in [0.25, 0.3) is 5.56 Å². The van der Waals surface area contributed by atoms with Crippen LogP contribution in [0, 0.1) is 0 Å². The van der Waals surface area contributed by atoms with Gasteiger partial charge in [0.1, 0.15) is 5.82 Å². The third kappa shape index (κ3) is 3.49. The van der Waals surface area contributed by atoms with Crippen molar-refractivity contribution in [2.45, 2.75) is 33.1 Å². The minimum atomic E-state index is -0.550. The molecule has 0 saturated carbocycles. The number of esters is 1. The monoisotopic (exact) mass is 224 g/mol. The predicted octanol–water partition coefficient (Wildman–Crippen LogP) is 1.29. The van der Waals surface area contributed by atoms with E-state index in [4.69, 9.17) is 4.74 Å². The van der Waals surface area contributed by atoms with E-state index in [1.807, 2.05) is 6.92 Å². The highest BCUT2D eigenvalue weighted by Gasteiger charge is 2.10. The largest absolute Gasteiger partial charge is 0.461 e. The van der Waals surface area contributed by atoms with E-state index in [-0.39, 0.29) is 17.9 Å². The summed E-state index contributed by atoms with van der Waals surface area (Å²) in [5.41, 5.74) is -0.235. The molecule has 0 fully saturated rings. The number of ether oxygens (including phenoxy) is 1. The van der Waals surface area contributed by atoms with Crippen molar-refractivity contribution in [3.63, 3.8) is 0 Å². The van der Waals surface area contributed by atoms with Crippen LogP contribution in [0.1, 0.15) is 43.0 Å². The lowest BCUT2D eigenvalue weighted by Gasteiger charge is -2.03. The van der Waals surface area contributed by atoms with Crippen molar-refractivity contribution in [3.05, 3.63) is 27.9 Å². The lowest BCUT2D eigenvalue weighted by atomic mass is 10.2. The normalized spacial score (nSPS) is 10.1. The fourth-order valence-corrected chi connectivity index (χ4v) is 1.28. The molecular weight excluding hydrogens is 208 g/mol. The molecule has 1 heterocycles. The molecule has 1 N–H and O–H groups in total. The number of H-pyrrole nitrogens is 1. The molecule has 16 heavy (non-hydrogen) atoms. The molecule has 0 radical (unpaired) electrons. The van der Waals surface area contributed by atoms with Crippen LogP contribution in [-0.2, 0) is 11.2 Å². The van der Waals surface area contributed by atoms with E-state index in [0.717, 1.165) is 18.9 Å². The third-order valence-electron chi connectivity index (χ3n) is 2.04. The van der Waals surface area contributed by atoms with Gasteiger partial charge < -0.3 is 9.72 Å². The standard InChI is InChI=1S/C11H16N2O3/c1-3-5-6-9-12-8(7-10(14)13-9)11(15)16-4-2/h7H,3-6H2,1-2H3,(H,12,13,14). The van der Waals surface area contributed by atoms with Crippen LogP contribution < -0.4 is 5.56 Å². The molecule has 0 atom stereocenters. The Kier molecular flexibility index (Phi) is 4.69. The van der Waals surface area contributed by atoms with E-state index < -0.39 is 5.97 Å². The van der Waals surface area contributed by atoms with Gasteiger partial charge in [0.2, 0.25) is 0 Å². The van der Waals surface area contributed by atoms with E-state index in [1.54, 1.807) is 6.92 Å². The molecule has 1 rings (SSSR count). The summed E-state index contributed by atoms with van der Waals surface area (Å²) in [7, 11) is 0. The maximum atomic E-state index is 11.4. The minimum Gasteiger partial charge on any atom is -0.461 e. The first kappa shape index (κ1) is 12.4. The zero-order chi connectivity index (χ0) is 12.0. The molecule has 0 aromatic carbocycles. The average Bonchev–Trinajstić information content (AvgIpc) is 2.26. The molecule has 0 aliphatic rings. The van der Waals surface area contributed by atoms with Gasteiger partial charge in [-0.1, -0.05) is 13.3 Å². The highest BCUT2D eigenvalue weighted by molar-refractivity contribution is 5.87. The average molecular weight is 224 g/mol. The summed E-state index contributed by atoms with van der Waals surface area (Å²) < 4.78 is 4.79. The predicted molar refractivity (Wildman–Crippen MR) is 59.4 cm³/mol. The zero-order valence-corrected chi connectivity index (χ0v) is 9.58. The molecule has 0 unspecified atom stereocenters. The van der Waals surface area contributed by atoms with Crippen molar-refractivity contribution >= 4 is 5.97 Å². The number of hydrogen-bond donors (Lipinski definition) is 1. The number of rotatable bonds is 5. The van der Waals surface area contributed by atoms with Crippen molar-refractivity contribution in [2.24, 2.45) is 0 Å². The second-order valence-corrected chi connectivity index (χ2v) is 3.40. The van der Waals surface area contributed by atoms with Gasteiger partial charge >= 0.3 is 5.97 Å². The molecular formula is C11H16N2O3. The van der Waals surface area contributed by atoms with Crippen LogP contribution in [0.5, 0.6) is 0 Å². The number of carbonyl (C=O) groups is 1. The van der Waals surface area contributed by atoms with E-state index in [0.29, 0.717) is 12.2 Å². The van der Waals surface area contributed by atoms with Gasteiger partial charge in [0.05, 0.1) is 6.61 Å². The summed E-state index contributed by atoms with van der Waals surface area (Å²) in [4.78, 5) is 29.3. The first-order chi connectivity index (χ1) is 7.67. The first-order valence-electron chi connectivity index (χ1n) is 5.44. The molecule has 5 heteroatoms. The van der Waals surface area contributed by atoms with Crippen LogP contribution in [0.4, 0.5) is 0 Å². The summed E-state index contributed by atoms with van der Waals surface area (Å²) in [6.07, 6.45) is 2.60. The number of unbranched alkanes of at least 4 members (excludes halogenated alkanes) is 1. The van der Waals surface area contributed by atoms with Gasteiger partial charge in [-0.05, 0) is 13.3 Å². The number of carbonyl (C=O) groups excluding carboxylic acids is 1. The minimum absolute atomic E-state index is 0.0803. The Morgan fingerprint density at radius 1 is 1.50 bits per heavy atom. The van der Waals surface area contributed by atoms with E-state index >= 15 is 0 Å². The number of aromatic nitrogens is 2. The smallest absolute Gasteiger partial charge is 0.357 e. The second-order valence-electron chi connectivity index (χ2n) is 3.40. The Morgan fingerprint density at radius 2 is 2.25 bits per heavy atom. The van der Waals surface area contributed by atoms with Crippen LogP contribution in [-0.4, -0.2) is 22.5 Å². The van der Waals surface area contributed by atoms with Crippen molar-refractivity contribution < 1.29 is 9.53 Å². The Labute approximate surface area is 93.9 Å². The molecule has 5 nitrogen and oxygen atoms in total. The van der Waals surface area contributed by atoms with Crippen molar-refractivity contribution in [3.8, 4) is 0 Å². The third-order valence-corrected chi connectivity index (χ3v) is 2.04. The molecule has 0 amide bonds. The number of nitrogens with zero attached hydrogens (tertiary/aromatic N) is 1. The Hall–Kier alpha value is -1.65. The summed E-state index contributed by atoms with van der Waals surface area (Å²) in [6, 6.07) is 1.16. The van der Waals surface area contributed by atoms with Gasteiger partial charge in [-0.25, -0.2) is 9.78 Å². The van der Waals surface area contributed by atoms with Gasteiger partial charge in [-0.2, -0.15) is 0 Å². The Balaban J connectivity index is 2.89. The fourth-order valence-electron chi connectivity index (χ4n) is 1.28. The number of aryl methyl sites for hydroxylation is 1. The molecule has 0 aliphatic heterocycles. The molecule has 0 aliphatic carbocycles. The lowest BCUT2D eigenvalue weighted by molar-refractivity contribution is 0.0518. The fraction of sp³-hybridized carbons (Fsp3) is 0.545. The quantitative estimate of drug-likeness (QED) is 0.765. The Bertz CT molecular complexity index is 412. The summed E-state index contributed by atoms with van der Waals surface area (Å²) >= 11 is 0. The highest BCUT2D eigenvalue weighted by Crippen LogP contribution is 2.00. The number of nitrogens with one attached hydrogen (secondary N) is 1. The second kappa shape index (κ2) is 6.05. The SMILES string of the molecule is CCCCc1nc(C(=O)OCC)cc(=O)[nH]1. The van der Waals surface area contributed by atoms with Crippen LogP contribution in [0.2, 0.25) is 0 Å². The topological polar surface area (TPSA) is 72.0 Å². The van der Waals surface area contributed by atoms with E-state index in [1.165, 1.54) is 0 Å². The molecule has 88 valence electrons. The maximum absolute atomic E-state index is 11.4. The van der Waals surface area contributed by atoms with Crippen molar-refractivity contribution in [2.75, 3.05) is 6.61 Å². The van der Waals surface area contributed by atoms with Crippen molar-refractivity contribution in [1.29, 1.82) is 0 Å².